The highest BCUT2D eigenvalue weighted by Crippen LogP contribution is 2.30. The van der Waals surface area contributed by atoms with Crippen LogP contribution in [0.3, 0.4) is 0 Å². The molecule has 0 amide bonds. The average molecular weight is 267 g/mol. The molecular weight excluding hydrogens is 253 g/mol. The zero-order valence-electron chi connectivity index (χ0n) is 11.0. The van der Waals surface area contributed by atoms with Crippen LogP contribution in [0.2, 0.25) is 0 Å². The number of nitrogens with zero attached hydrogens (tertiary/aromatic N) is 1. The van der Waals surface area contributed by atoms with Gasteiger partial charge in [0.05, 0.1) is 16.9 Å². The Hall–Kier alpha value is -2.62. The molecule has 3 N–H and O–H groups in total. The summed E-state index contributed by atoms with van der Waals surface area (Å²) in [7, 11) is 0. The zero-order chi connectivity index (χ0) is 14.1. The van der Waals surface area contributed by atoms with Crippen molar-refractivity contribution < 1.29 is 4.39 Å². The number of para-hydroxylation sites is 1. The van der Waals surface area contributed by atoms with Gasteiger partial charge in [-0.15, -0.1) is 0 Å². The molecule has 3 aromatic rings. The van der Waals surface area contributed by atoms with Crippen LogP contribution in [-0.2, 0) is 0 Å². The molecule has 1 heterocycles. The Morgan fingerprint density at radius 3 is 2.75 bits per heavy atom. The first-order valence-electron chi connectivity index (χ1n) is 6.32. The molecule has 0 radical (unpaired) electrons. The molecule has 0 bridgehead atoms. The monoisotopic (exact) mass is 267 g/mol. The van der Waals surface area contributed by atoms with Crippen LogP contribution in [0.5, 0.6) is 0 Å². The summed E-state index contributed by atoms with van der Waals surface area (Å²) in [6.45, 7) is 1.86. The predicted molar refractivity (Wildman–Crippen MR) is 80.6 cm³/mol. The number of pyridine rings is 1. The van der Waals surface area contributed by atoms with E-state index in [1.54, 1.807) is 18.3 Å². The standard InChI is InChI=1S/C16H14FN3/c1-10-4-2-6-12(17)15(10)20-14-8-7-13(18)11-5-3-9-19-16(11)14/h2-9,20H,18H2,1H3. The van der Waals surface area contributed by atoms with Gasteiger partial charge in [-0.3, -0.25) is 4.98 Å². The first kappa shape index (κ1) is 12.4. The van der Waals surface area contributed by atoms with Crippen LogP contribution in [-0.4, -0.2) is 4.98 Å². The number of hydrogen-bond acceptors (Lipinski definition) is 3. The predicted octanol–water partition coefficient (Wildman–Crippen LogP) is 4.01. The molecule has 0 aliphatic heterocycles. The van der Waals surface area contributed by atoms with E-state index in [1.165, 1.54) is 6.07 Å². The lowest BCUT2D eigenvalue weighted by atomic mass is 10.1. The van der Waals surface area contributed by atoms with Gasteiger partial charge in [0.15, 0.2) is 0 Å². The lowest BCUT2D eigenvalue weighted by molar-refractivity contribution is 0.631. The van der Waals surface area contributed by atoms with Gasteiger partial charge in [0.25, 0.3) is 0 Å². The van der Waals surface area contributed by atoms with Crippen molar-refractivity contribution in [2.24, 2.45) is 0 Å². The number of fused-ring (bicyclic) bond motifs is 1. The summed E-state index contributed by atoms with van der Waals surface area (Å²) in [5.74, 6) is -0.286. The minimum absolute atomic E-state index is 0.286. The first-order chi connectivity index (χ1) is 9.66. The number of aromatic nitrogens is 1. The molecule has 0 atom stereocenters. The molecule has 0 fully saturated rings. The molecule has 20 heavy (non-hydrogen) atoms. The number of nitrogens with two attached hydrogens (primary N) is 1. The molecule has 2 aromatic carbocycles. The number of halogens is 1. The maximum absolute atomic E-state index is 13.9. The van der Waals surface area contributed by atoms with Gasteiger partial charge in [0.2, 0.25) is 0 Å². The summed E-state index contributed by atoms with van der Waals surface area (Å²) in [6.07, 6.45) is 1.70. The number of benzene rings is 2. The van der Waals surface area contributed by atoms with E-state index in [2.05, 4.69) is 10.3 Å². The molecule has 0 spiro atoms. The molecule has 3 nitrogen and oxygen atoms in total. The second kappa shape index (κ2) is 4.81. The van der Waals surface area contributed by atoms with Crippen LogP contribution in [0, 0.1) is 12.7 Å². The van der Waals surface area contributed by atoms with Gasteiger partial charge in [-0.1, -0.05) is 12.1 Å². The van der Waals surface area contributed by atoms with E-state index in [0.717, 1.165) is 22.2 Å². The van der Waals surface area contributed by atoms with Gasteiger partial charge in [0.1, 0.15) is 5.82 Å². The van der Waals surface area contributed by atoms with Crippen LogP contribution in [0.4, 0.5) is 21.5 Å². The molecule has 0 aliphatic carbocycles. The average Bonchev–Trinajstić information content (AvgIpc) is 2.46. The third-order valence-corrected chi connectivity index (χ3v) is 3.29. The highest BCUT2D eigenvalue weighted by molar-refractivity contribution is 5.99. The van der Waals surface area contributed by atoms with Gasteiger partial charge in [-0.05, 0) is 42.8 Å². The SMILES string of the molecule is Cc1cccc(F)c1Nc1ccc(N)c2cccnc12. The number of nitrogen functional groups attached to an aromatic ring is 1. The van der Waals surface area contributed by atoms with Crippen molar-refractivity contribution >= 4 is 28.0 Å². The minimum Gasteiger partial charge on any atom is -0.398 e. The highest BCUT2D eigenvalue weighted by Gasteiger charge is 2.09. The summed E-state index contributed by atoms with van der Waals surface area (Å²) in [5.41, 5.74) is 9.36. The van der Waals surface area contributed by atoms with Crippen molar-refractivity contribution in [3.05, 3.63) is 60.0 Å². The van der Waals surface area contributed by atoms with Crippen LogP contribution in [0.1, 0.15) is 5.56 Å². The van der Waals surface area contributed by atoms with E-state index in [-0.39, 0.29) is 5.82 Å². The molecule has 4 heteroatoms. The molecule has 0 unspecified atom stereocenters. The fourth-order valence-electron chi connectivity index (χ4n) is 2.22. The van der Waals surface area contributed by atoms with Crippen molar-refractivity contribution in [3.63, 3.8) is 0 Å². The summed E-state index contributed by atoms with van der Waals surface area (Å²) >= 11 is 0. The summed E-state index contributed by atoms with van der Waals surface area (Å²) in [6, 6.07) is 12.3. The van der Waals surface area contributed by atoms with Crippen LogP contribution < -0.4 is 11.1 Å². The number of rotatable bonds is 2. The molecular formula is C16H14FN3. The van der Waals surface area contributed by atoms with Crippen LogP contribution in [0.25, 0.3) is 10.9 Å². The Morgan fingerprint density at radius 1 is 1.10 bits per heavy atom. The fourth-order valence-corrected chi connectivity index (χ4v) is 2.22. The van der Waals surface area contributed by atoms with Gasteiger partial charge >= 0.3 is 0 Å². The Labute approximate surface area is 116 Å². The third kappa shape index (κ3) is 2.05. The molecule has 0 saturated heterocycles. The normalized spacial score (nSPS) is 10.7. The zero-order valence-corrected chi connectivity index (χ0v) is 11.0. The van der Waals surface area contributed by atoms with Crippen molar-refractivity contribution in [3.8, 4) is 0 Å². The first-order valence-corrected chi connectivity index (χ1v) is 6.32. The minimum atomic E-state index is -0.286. The molecule has 3 rings (SSSR count). The van der Waals surface area contributed by atoms with E-state index in [4.69, 9.17) is 5.73 Å². The van der Waals surface area contributed by atoms with Gasteiger partial charge in [-0.25, -0.2) is 4.39 Å². The quantitative estimate of drug-likeness (QED) is 0.690. The topological polar surface area (TPSA) is 50.9 Å². The number of aryl methyl sites for hydroxylation is 1. The van der Waals surface area contributed by atoms with Gasteiger partial charge in [0, 0.05) is 17.3 Å². The van der Waals surface area contributed by atoms with Gasteiger partial charge < -0.3 is 11.1 Å². The lowest BCUT2D eigenvalue weighted by Gasteiger charge is -2.13. The summed E-state index contributed by atoms with van der Waals surface area (Å²) < 4.78 is 13.9. The van der Waals surface area contributed by atoms with Crippen molar-refractivity contribution in [1.29, 1.82) is 0 Å². The number of nitrogens with one attached hydrogen (secondary N) is 1. The van der Waals surface area contributed by atoms with E-state index in [1.807, 2.05) is 31.2 Å². The van der Waals surface area contributed by atoms with Crippen LogP contribution in [0.15, 0.2) is 48.7 Å². The lowest BCUT2D eigenvalue weighted by Crippen LogP contribution is -1.99. The Kier molecular flexibility index (Phi) is 2.99. The van der Waals surface area contributed by atoms with E-state index < -0.39 is 0 Å². The van der Waals surface area contributed by atoms with Crippen molar-refractivity contribution in [1.82, 2.24) is 4.98 Å². The Bertz CT molecular complexity index is 764. The molecule has 0 aliphatic rings. The second-order valence-corrected chi connectivity index (χ2v) is 4.66. The van der Waals surface area contributed by atoms with E-state index in [0.29, 0.717) is 11.4 Å². The fraction of sp³-hybridized carbons (Fsp3) is 0.0625. The Balaban J connectivity index is 2.14. The van der Waals surface area contributed by atoms with E-state index in [9.17, 15) is 4.39 Å². The largest absolute Gasteiger partial charge is 0.398 e. The van der Waals surface area contributed by atoms with Crippen LogP contribution >= 0.6 is 0 Å². The maximum Gasteiger partial charge on any atom is 0.146 e. The van der Waals surface area contributed by atoms with Crippen molar-refractivity contribution in [2.75, 3.05) is 11.1 Å². The van der Waals surface area contributed by atoms with Gasteiger partial charge in [-0.2, -0.15) is 0 Å². The maximum atomic E-state index is 13.9. The molecule has 1 aromatic heterocycles. The van der Waals surface area contributed by atoms with Crippen molar-refractivity contribution in [2.45, 2.75) is 6.92 Å². The summed E-state index contributed by atoms with van der Waals surface area (Å²) in [4.78, 5) is 4.33. The smallest absolute Gasteiger partial charge is 0.146 e. The molecule has 100 valence electrons. The Morgan fingerprint density at radius 2 is 1.95 bits per heavy atom. The third-order valence-electron chi connectivity index (χ3n) is 3.29. The number of anilines is 3. The highest BCUT2D eigenvalue weighted by atomic mass is 19.1. The van der Waals surface area contributed by atoms with E-state index >= 15 is 0 Å². The second-order valence-electron chi connectivity index (χ2n) is 4.66. The molecule has 0 saturated carbocycles. The summed E-state index contributed by atoms with van der Waals surface area (Å²) in [5, 5.41) is 3.97. The number of hydrogen-bond donors (Lipinski definition) is 2.